The predicted molar refractivity (Wildman–Crippen MR) is 61.7 cm³/mol. The van der Waals surface area contributed by atoms with E-state index in [0.717, 1.165) is 12.0 Å². The van der Waals surface area contributed by atoms with Gasteiger partial charge in [0.2, 0.25) is 0 Å². The van der Waals surface area contributed by atoms with Crippen molar-refractivity contribution >= 4 is 11.0 Å². The summed E-state index contributed by atoms with van der Waals surface area (Å²) in [7, 11) is 1.95. The Bertz CT molecular complexity index is 436. The molecular weight excluding hydrogens is 188 g/mol. The highest BCUT2D eigenvalue weighted by atomic mass is 16.3. The minimum Gasteiger partial charge on any atom is -0.464 e. The van der Waals surface area contributed by atoms with Gasteiger partial charge in [0.15, 0.2) is 0 Å². The van der Waals surface area contributed by atoms with Gasteiger partial charge in [-0.2, -0.15) is 0 Å². The van der Waals surface area contributed by atoms with Gasteiger partial charge in [-0.1, -0.05) is 18.2 Å². The maximum Gasteiger partial charge on any atom is 0.134 e. The van der Waals surface area contributed by atoms with Gasteiger partial charge in [-0.25, -0.2) is 0 Å². The molecule has 3 N–H and O–H groups in total. The van der Waals surface area contributed by atoms with Crippen molar-refractivity contribution in [1.82, 2.24) is 5.32 Å². The summed E-state index contributed by atoms with van der Waals surface area (Å²) in [5.74, 6) is 0. The van der Waals surface area contributed by atoms with E-state index in [2.05, 4.69) is 11.4 Å². The molecule has 3 nitrogen and oxygen atoms in total. The van der Waals surface area contributed by atoms with E-state index in [1.54, 1.807) is 0 Å². The Morgan fingerprint density at radius 2 is 2.20 bits per heavy atom. The monoisotopic (exact) mass is 204 g/mol. The maximum atomic E-state index is 5.58. The van der Waals surface area contributed by atoms with Gasteiger partial charge in [-0.3, -0.25) is 0 Å². The number of hydrogen-bond donors (Lipinski definition) is 2. The van der Waals surface area contributed by atoms with Crippen molar-refractivity contribution in [2.24, 2.45) is 5.73 Å². The predicted octanol–water partition coefficient (Wildman–Crippen LogP) is 2.04. The Morgan fingerprint density at radius 1 is 1.40 bits per heavy atom. The summed E-state index contributed by atoms with van der Waals surface area (Å²) in [5.41, 5.74) is 7.71. The molecule has 0 amide bonds. The van der Waals surface area contributed by atoms with Crippen molar-refractivity contribution in [3.63, 3.8) is 0 Å². The van der Waals surface area contributed by atoms with Gasteiger partial charge in [0.1, 0.15) is 5.58 Å². The molecule has 1 aromatic heterocycles. The molecule has 1 aromatic carbocycles. The molecule has 2 aromatic rings. The van der Waals surface area contributed by atoms with Crippen LogP contribution in [0.25, 0.3) is 11.0 Å². The average molecular weight is 204 g/mol. The first kappa shape index (κ1) is 10.2. The van der Waals surface area contributed by atoms with E-state index >= 15 is 0 Å². The number of nitrogens with two attached hydrogens (primary N) is 1. The van der Waals surface area contributed by atoms with Crippen LogP contribution in [0.3, 0.4) is 0 Å². The third-order valence-electron chi connectivity index (χ3n) is 2.69. The third-order valence-corrected chi connectivity index (χ3v) is 2.69. The fourth-order valence-electron chi connectivity index (χ4n) is 1.89. The van der Waals surface area contributed by atoms with Gasteiger partial charge in [-0.15, -0.1) is 0 Å². The lowest BCUT2D eigenvalue weighted by Gasteiger charge is -2.13. The molecule has 80 valence electrons. The van der Waals surface area contributed by atoms with Crippen molar-refractivity contribution in [2.45, 2.75) is 12.5 Å². The van der Waals surface area contributed by atoms with Crippen LogP contribution >= 0.6 is 0 Å². The minimum absolute atomic E-state index is 0.277. The van der Waals surface area contributed by atoms with Crippen LogP contribution in [0.5, 0.6) is 0 Å². The Morgan fingerprint density at radius 3 is 2.93 bits per heavy atom. The van der Waals surface area contributed by atoms with Gasteiger partial charge in [0.05, 0.1) is 6.26 Å². The molecule has 1 unspecified atom stereocenters. The molecular formula is C12H16N2O. The molecule has 0 bridgehead atoms. The summed E-state index contributed by atoms with van der Waals surface area (Å²) in [6, 6.07) is 8.34. The normalized spacial score (nSPS) is 13.2. The second kappa shape index (κ2) is 4.47. The van der Waals surface area contributed by atoms with Crippen molar-refractivity contribution in [2.75, 3.05) is 13.6 Å². The smallest absolute Gasteiger partial charge is 0.134 e. The summed E-state index contributed by atoms with van der Waals surface area (Å²) < 4.78 is 5.50. The highest BCUT2D eigenvalue weighted by Crippen LogP contribution is 2.27. The number of para-hydroxylation sites is 1. The second-order valence-corrected chi connectivity index (χ2v) is 3.61. The first-order chi connectivity index (χ1) is 7.36. The second-order valence-electron chi connectivity index (χ2n) is 3.61. The maximum absolute atomic E-state index is 5.58. The minimum atomic E-state index is 0.277. The van der Waals surface area contributed by atoms with E-state index in [0.29, 0.717) is 6.54 Å². The molecule has 0 saturated carbocycles. The molecule has 0 fully saturated rings. The zero-order valence-corrected chi connectivity index (χ0v) is 8.86. The molecule has 2 rings (SSSR count). The highest BCUT2D eigenvalue weighted by Gasteiger charge is 2.13. The molecule has 3 heteroatoms. The van der Waals surface area contributed by atoms with Crippen molar-refractivity contribution < 1.29 is 4.42 Å². The lowest BCUT2D eigenvalue weighted by molar-refractivity contribution is 0.540. The molecule has 0 aliphatic carbocycles. The van der Waals surface area contributed by atoms with E-state index in [1.807, 2.05) is 31.5 Å². The SMILES string of the molecule is CNC(CCN)c1coc2ccccc12. The highest BCUT2D eigenvalue weighted by molar-refractivity contribution is 5.81. The van der Waals surface area contributed by atoms with Gasteiger partial charge >= 0.3 is 0 Å². The van der Waals surface area contributed by atoms with Crippen LogP contribution < -0.4 is 11.1 Å². The van der Waals surface area contributed by atoms with Crippen molar-refractivity contribution in [3.05, 3.63) is 36.1 Å². The summed E-state index contributed by atoms with van der Waals surface area (Å²) in [5, 5.41) is 4.43. The first-order valence-corrected chi connectivity index (χ1v) is 5.20. The molecule has 1 heterocycles. The van der Waals surface area contributed by atoms with Gasteiger partial charge in [0.25, 0.3) is 0 Å². The Kier molecular flexibility index (Phi) is 3.04. The summed E-state index contributed by atoms with van der Waals surface area (Å²) in [6.45, 7) is 0.672. The average Bonchev–Trinajstić information content (AvgIpc) is 2.70. The van der Waals surface area contributed by atoms with E-state index < -0.39 is 0 Å². The Labute approximate surface area is 89.3 Å². The van der Waals surface area contributed by atoms with Crippen LogP contribution in [0.2, 0.25) is 0 Å². The standard InChI is InChI=1S/C12H16N2O/c1-14-11(6-7-13)10-8-15-12-5-3-2-4-9(10)12/h2-5,8,11,14H,6-7,13H2,1H3. The zero-order chi connectivity index (χ0) is 10.7. The topological polar surface area (TPSA) is 51.2 Å². The van der Waals surface area contributed by atoms with Gasteiger partial charge < -0.3 is 15.5 Å². The Hall–Kier alpha value is -1.32. The summed E-state index contributed by atoms with van der Waals surface area (Å²) in [4.78, 5) is 0. The molecule has 0 spiro atoms. The van der Waals surface area contributed by atoms with Crippen LogP contribution in [-0.2, 0) is 0 Å². The number of nitrogens with one attached hydrogen (secondary N) is 1. The van der Waals surface area contributed by atoms with Crippen molar-refractivity contribution in [3.8, 4) is 0 Å². The van der Waals surface area contributed by atoms with Gasteiger partial charge in [-0.05, 0) is 26.1 Å². The van der Waals surface area contributed by atoms with Gasteiger partial charge in [0, 0.05) is 17.0 Å². The first-order valence-electron chi connectivity index (χ1n) is 5.20. The number of rotatable bonds is 4. The number of furan rings is 1. The quantitative estimate of drug-likeness (QED) is 0.801. The molecule has 0 saturated heterocycles. The molecule has 0 radical (unpaired) electrons. The van der Waals surface area contributed by atoms with E-state index in [-0.39, 0.29) is 6.04 Å². The van der Waals surface area contributed by atoms with E-state index in [9.17, 15) is 0 Å². The zero-order valence-electron chi connectivity index (χ0n) is 8.86. The summed E-state index contributed by atoms with van der Waals surface area (Å²) >= 11 is 0. The molecule has 15 heavy (non-hydrogen) atoms. The fourth-order valence-corrected chi connectivity index (χ4v) is 1.89. The van der Waals surface area contributed by atoms with Crippen LogP contribution in [0.15, 0.2) is 34.9 Å². The molecule has 1 atom stereocenters. The lowest BCUT2D eigenvalue weighted by atomic mass is 10.0. The van der Waals surface area contributed by atoms with Crippen LogP contribution in [0.4, 0.5) is 0 Å². The Balaban J connectivity index is 2.41. The number of benzene rings is 1. The van der Waals surface area contributed by atoms with Crippen LogP contribution in [-0.4, -0.2) is 13.6 Å². The summed E-state index contributed by atoms with van der Waals surface area (Å²) in [6.07, 6.45) is 2.74. The van der Waals surface area contributed by atoms with Crippen LogP contribution in [0, 0.1) is 0 Å². The van der Waals surface area contributed by atoms with E-state index in [4.69, 9.17) is 10.2 Å². The van der Waals surface area contributed by atoms with Crippen LogP contribution in [0.1, 0.15) is 18.0 Å². The van der Waals surface area contributed by atoms with Crippen molar-refractivity contribution in [1.29, 1.82) is 0 Å². The third kappa shape index (κ3) is 1.89. The number of hydrogen-bond acceptors (Lipinski definition) is 3. The fraction of sp³-hybridized carbons (Fsp3) is 0.333. The lowest BCUT2D eigenvalue weighted by Crippen LogP contribution is -2.19. The largest absolute Gasteiger partial charge is 0.464 e. The van der Waals surface area contributed by atoms with E-state index in [1.165, 1.54) is 10.9 Å². The molecule has 0 aliphatic heterocycles. The molecule has 0 aliphatic rings. The number of fused-ring (bicyclic) bond motifs is 1.